The van der Waals surface area contributed by atoms with E-state index in [2.05, 4.69) is 25.6 Å². The number of hydrogen-bond donors (Lipinski definition) is 1. The molecule has 0 fully saturated rings. The highest BCUT2D eigenvalue weighted by Gasteiger charge is 2.22. The molecule has 32 heavy (non-hydrogen) atoms. The van der Waals surface area contributed by atoms with Gasteiger partial charge in [-0.2, -0.15) is 10.2 Å². The molecule has 0 saturated carbocycles. The Labute approximate surface area is 192 Å². The summed E-state index contributed by atoms with van der Waals surface area (Å²) in [5, 5.41) is 9.60. The summed E-state index contributed by atoms with van der Waals surface area (Å²) < 4.78 is 1.52. The van der Waals surface area contributed by atoms with Crippen LogP contribution in [0.15, 0.2) is 77.9 Å². The molecule has 1 N–H and O–H groups in total. The van der Waals surface area contributed by atoms with E-state index in [9.17, 15) is 4.79 Å². The van der Waals surface area contributed by atoms with Gasteiger partial charge in [-0.15, -0.1) is 0 Å². The van der Waals surface area contributed by atoms with E-state index in [0.717, 1.165) is 5.56 Å². The predicted molar refractivity (Wildman–Crippen MR) is 126 cm³/mol. The van der Waals surface area contributed by atoms with Gasteiger partial charge in [-0.25, -0.2) is 20.1 Å². The molecule has 3 aromatic carbocycles. The van der Waals surface area contributed by atoms with Gasteiger partial charge in [0.25, 0.3) is 5.91 Å². The summed E-state index contributed by atoms with van der Waals surface area (Å²) in [7, 11) is 0. The first-order valence-electron chi connectivity index (χ1n) is 9.59. The number of rotatable bonds is 4. The number of nitrogens with zero attached hydrogens (tertiary/aromatic N) is 5. The molecule has 0 aliphatic rings. The van der Waals surface area contributed by atoms with Crippen molar-refractivity contribution in [1.29, 1.82) is 0 Å². The van der Waals surface area contributed by atoms with Gasteiger partial charge in [0.15, 0.2) is 11.3 Å². The minimum Gasteiger partial charge on any atom is -0.265 e. The zero-order chi connectivity index (χ0) is 22.1. The number of carbonyl (C=O) groups excluding carboxylic acids is 1. The van der Waals surface area contributed by atoms with Crippen LogP contribution in [0.4, 0.5) is 0 Å². The van der Waals surface area contributed by atoms with Crippen LogP contribution in [0.25, 0.3) is 27.9 Å². The van der Waals surface area contributed by atoms with Crippen LogP contribution >= 0.6 is 23.2 Å². The summed E-state index contributed by atoms with van der Waals surface area (Å²) >= 11 is 12.3. The second-order valence-electron chi connectivity index (χ2n) is 6.85. The van der Waals surface area contributed by atoms with Gasteiger partial charge in [-0.1, -0.05) is 59.6 Å². The largest absolute Gasteiger partial charge is 0.294 e. The fourth-order valence-electron chi connectivity index (χ4n) is 3.20. The molecule has 0 aliphatic heterocycles. The highest BCUT2D eigenvalue weighted by Crippen LogP contribution is 2.26. The number of benzene rings is 3. The summed E-state index contributed by atoms with van der Waals surface area (Å²) in [6.07, 6.45) is 1.52. The zero-order valence-electron chi connectivity index (χ0n) is 16.4. The molecule has 0 saturated heterocycles. The maximum Gasteiger partial charge on any atom is 0.294 e. The van der Waals surface area contributed by atoms with Gasteiger partial charge in [-0.3, -0.25) is 4.79 Å². The van der Waals surface area contributed by atoms with Crippen LogP contribution in [-0.4, -0.2) is 31.9 Å². The third kappa shape index (κ3) is 3.79. The van der Waals surface area contributed by atoms with E-state index in [1.165, 1.54) is 10.9 Å². The van der Waals surface area contributed by atoms with Crippen molar-refractivity contribution in [2.75, 3.05) is 0 Å². The Balaban J connectivity index is 1.58. The van der Waals surface area contributed by atoms with Crippen molar-refractivity contribution in [3.05, 3.63) is 94.1 Å². The van der Waals surface area contributed by atoms with Crippen molar-refractivity contribution in [1.82, 2.24) is 25.2 Å². The normalized spacial score (nSPS) is 11.4. The number of hydrazone groups is 1. The van der Waals surface area contributed by atoms with Gasteiger partial charge in [0.1, 0.15) is 5.52 Å². The van der Waals surface area contributed by atoms with Crippen LogP contribution in [0.2, 0.25) is 10.0 Å². The molecule has 0 bridgehead atoms. The predicted octanol–water partition coefficient (Wildman–Crippen LogP) is 5.04. The van der Waals surface area contributed by atoms with Crippen molar-refractivity contribution >= 4 is 57.5 Å². The molecule has 156 valence electrons. The third-order valence-electron chi connectivity index (χ3n) is 4.72. The fraction of sp³-hybridized carbons (Fsp3) is 0. The Morgan fingerprint density at radius 2 is 1.59 bits per heavy atom. The molecule has 5 rings (SSSR count). The van der Waals surface area contributed by atoms with Crippen molar-refractivity contribution < 1.29 is 4.79 Å². The lowest BCUT2D eigenvalue weighted by atomic mass is 10.2. The lowest BCUT2D eigenvalue weighted by Crippen LogP contribution is -2.19. The Bertz CT molecular complexity index is 1490. The monoisotopic (exact) mass is 460 g/mol. The molecule has 0 spiro atoms. The third-order valence-corrected chi connectivity index (χ3v) is 5.29. The minimum absolute atomic E-state index is 0.0893. The summed E-state index contributed by atoms with van der Waals surface area (Å²) in [5.74, 6) is -0.518. The summed E-state index contributed by atoms with van der Waals surface area (Å²) in [6, 6.07) is 21.7. The fourth-order valence-corrected chi connectivity index (χ4v) is 3.55. The number of nitrogens with one attached hydrogen (secondary N) is 1. The van der Waals surface area contributed by atoms with Gasteiger partial charge >= 0.3 is 0 Å². The molecule has 2 aromatic heterocycles. The Hall–Kier alpha value is -3.81. The van der Waals surface area contributed by atoms with Gasteiger partial charge in [-0.05, 0) is 42.0 Å². The Morgan fingerprint density at radius 3 is 2.34 bits per heavy atom. The van der Waals surface area contributed by atoms with Crippen LogP contribution in [-0.2, 0) is 0 Å². The summed E-state index contributed by atoms with van der Waals surface area (Å²) in [4.78, 5) is 22.3. The number of para-hydroxylation sites is 3. The molecule has 0 radical (unpaired) electrons. The number of halogens is 2. The lowest BCUT2D eigenvalue weighted by Gasteiger charge is -2.05. The minimum atomic E-state index is -0.518. The SMILES string of the molecule is O=C(N/N=C/c1ccc(Cl)cc1)c1nn(-c2ccccc2Cl)c2nc3ccccc3nc12. The molecular formula is C23H14Cl2N6O. The van der Waals surface area contributed by atoms with Crippen LogP contribution in [0.5, 0.6) is 0 Å². The lowest BCUT2D eigenvalue weighted by molar-refractivity contribution is 0.0951. The van der Waals surface area contributed by atoms with Gasteiger partial charge in [0.05, 0.1) is 28.0 Å². The van der Waals surface area contributed by atoms with Crippen LogP contribution in [0.3, 0.4) is 0 Å². The van der Waals surface area contributed by atoms with Crippen molar-refractivity contribution in [3.8, 4) is 5.69 Å². The smallest absolute Gasteiger partial charge is 0.265 e. The first-order chi connectivity index (χ1) is 15.6. The zero-order valence-corrected chi connectivity index (χ0v) is 17.9. The van der Waals surface area contributed by atoms with Crippen LogP contribution < -0.4 is 5.43 Å². The van der Waals surface area contributed by atoms with E-state index in [0.29, 0.717) is 37.9 Å². The summed E-state index contributed by atoms with van der Waals surface area (Å²) in [6.45, 7) is 0. The average molecular weight is 461 g/mol. The molecule has 7 nitrogen and oxygen atoms in total. The molecule has 9 heteroatoms. The molecular weight excluding hydrogens is 447 g/mol. The van der Waals surface area contributed by atoms with E-state index in [-0.39, 0.29) is 5.69 Å². The topological polar surface area (TPSA) is 85.1 Å². The second-order valence-corrected chi connectivity index (χ2v) is 7.69. The number of aromatic nitrogens is 4. The molecule has 0 aliphatic carbocycles. The highest BCUT2D eigenvalue weighted by molar-refractivity contribution is 6.32. The number of carbonyl (C=O) groups is 1. The van der Waals surface area contributed by atoms with E-state index >= 15 is 0 Å². The van der Waals surface area contributed by atoms with E-state index in [1.54, 1.807) is 36.4 Å². The molecule has 2 heterocycles. The maximum absolute atomic E-state index is 12.9. The maximum atomic E-state index is 12.9. The Morgan fingerprint density at radius 1 is 0.906 bits per heavy atom. The molecule has 1 amide bonds. The van der Waals surface area contributed by atoms with Gasteiger partial charge in [0.2, 0.25) is 0 Å². The van der Waals surface area contributed by atoms with Crippen molar-refractivity contribution in [2.45, 2.75) is 0 Å². The van der Waals surface area contributed by atoms with E-state index < -0.39 is 5.91 Å². The first kappa shape index (κ1) is 20.1. The van der Waals surface area contributed by atoms with E-state index in [4.69, 9.17) is 23.2 Å². The Kier molecular flexibility index (Phi) is 5.26. The number of amides is 1. The quantitative estimate of drug-likeness (QED) is 0.300. The van der Waals surface area contributed by atoms with Crippen molar-refractivity contribution in [2.24, 2.45) is 5.10 Å². The van der Waals surface area contributed by atoms with Crippen molar-refractivity contribution in [3.63, 3.8) is 0 Å². The van der Waals surface area contributed by atoms with Gasteiger partial charge in [0, 0.05) is 5.02 Å². The molecule has 0 atom stereocenters. The van der Waals surface area contributed by atoms with E-state index in [1.807, 2.05) is 36.4 Å². The summed E-state index contributed by atoms with van der Waals surface area (Å²) in [5.41, 5.74) is 6.07. The van der Waals surface area contributed by atoms with Crippen LogP contribution in [0, 0.1) is 0 Å². The number of hydrogen-bond acceptors (Lipinski definition) is 5. The first-order valence-corrected chi connectivity index (χ1v) is 10.3. The second kappa shape index (κ2) is 8.37. The van der Waals surface area contributed by atoms with Gasteiger partial charge < -0.3 is 0 Å². The number of fused-ring (bicyclic) bond motifs is 2. The molecule has 5 aromatic rings. The standard InChI is InChI=1S/C23H14Cl2N6O/c24-15-11-9-14(10-12-15)13-26-29-23(32)21-20-22(28-18-7-3-2-6-17(18)27-20)31(30-21)19-8-4-1-5-16(19)25/h1-13H,(H,29,32)/b26-13+. The highest BCUT2D eigenvalue weighted by atomic mass is 35.5. The average Bonchev–Trinajstić information content (AvgIpc) is 3.17. The van der Waals surface area contributed by atoms with Crippen LogP contribution in [0.1, 0.15) is 16.1 Å². The molecule has 0 unspecified atom stereocenters.